The maximum Gasteiger partial charge on any atom is 0.181 e. The standard InChI is InChI=1S/C56H33N13/c1-4-15-36-32(11-1)24-26-57-49(36)46-44(38-17-10-28-69-27-8-7-19-43(38)69)48(56-59-30-42-54(67-56)61-31-60-42)51-47(45(46)40-22-20-33-12-3-6-18-39(33)63-40)52(50-37-16-5-2-13-35(37)29-62-68-50)66-55(65-51)41-23-21-34-14-9-25-58-53(34)64-41/h1-27,29-31H,28H2,(H,59,60,61,67). The molecule has 0 radical (unpaired) electrons. The van der Waals surface area contributed by atoms with E-state index in [9.17, 15) is 0 Å². The van der Waals surface area contributed by atoms with Crippen LogP contribution in [0.3, 0.4) is 0 Å². The summed E-state index contributed by atoms with van der Waals surface area (Å²) in [5, 5.41) is 15.8. The molecule has 0 bridgehead atoms. The molecule has 13 nitrogen and oxygen atoms in total. The smallest absolute Gasteiger partial charge is 0.181 e. The molecule has 0 fully saturated rings. The summed E-state index contributed by atoms with van der Waals surface area (Å²) in [4.78, 5) is 52.3. The molecule has 322 valence electrons. The Balaban J connectivity index is 1.28. The molecule has 0 saturated heterocycles. The van der Waals surface area contributed by atoms with E-state index >= 15 is 0 Å². The zero-order valence-electron chi connectivity index (χ0n) is 36.4. The van der Waals surface area contributed by atoms with Crippen LogP contribution in [0.25, 0.3) is 128 Å². The van der Waals surface area contributed by atoms with Crippen molar-refractivity contribution in [2.75, 3.05) is 6.54 Å². The van der Waals surface area contributed by atoms with Gasteiger partial charge in [-0.15, -0.1) is 5.10 Å². The monoisotopic (exact) mass is 887 g/mol. The fraction of sp³-hybridized carbons (Fsp3) is 0.0179. The number of benzene rings is 4. The zero-order valence-corrected chi connectivity index (χ0v) is 36.4. The lowest BCUT2D eigenvalue weighted by Gasteiger charge is -2.31. The molecular weight excluding hydrogens is 855 g/mol. The van der Waals surface area contributed by atoms with Crippen molar-refractivity contribution in [3.8, 4) is 56.8 Å². The van der Waals surface area contributed by atoms with E-state index in [0.717, 1.165) is 71.5 Å². The Hall–Kier alpha value is -9.75. The summed E-state index contributed by atoms with van der Waals surface area (Å²) in [5.41, 5.74) is 11.0. The maximum absolute atomic E-state index is 5.67. The molecule has 0 amide bonds. The molecule has 8 aromatic heterocycles. The van der Waals surface area contributed by atoms with Gasteiger partial charge in [0.15, 0.2) is 22.9 Å². The van der Waals surface area contributed by atoms with Crippen molar-refractivity contribution >= 4 is 71.1 Å². The summed E-state index contributed by atoms with van der Waals surface area (Å²) in [6.07, 6.45) is 21.5. The van der Waals surface area contributed by atoms with E-state index in [0.29, 0.717) is 74.2 Å². The second-order valence-electron chi connectivity index (χ2n) is 16.8. The van der Waals surface area contributed by atoms with Gasteiger partial charge in [0, 0.05) is 85.4 Å². The predicted molar refractivity (Wildman–Crippen MR) is 270 cm³/mol. The van der Waals surface area contributed by atoms with Crippen LogP contribution in [-0.2, 0) is 0 Å². The number of hydrogen-bond donors (Lipinski definition) is 1. The molecule has 0 aliphatic carbocycles. The number of hydrogen-bond acceptors (Lipinski definition) is 12. The first-order chi connectivity index (χ1) is 34.2. The van der Waals surface area contributed by atoms with Gasteiger partial charge in [-0.25, -0.2) is 39.9 Å². The molecule has 1 N–H and O–H groups in total. The van der Waals surface area contributed by atoms with Crippen LogP contribution < -0.4 is 0 Å². The number of imidazole rings is 1. The largest absolute Gasteiger partial charge is 0.344 e. The Bertz CT molecular complexity index is 4250. The molecule has 12 aromatic rings. The number of rotatable bonds is 6. The highest BCUT2D eigenvalue weighted by atomic mass is 15.1. The lowest BCUT2D eigenvalue weighted by molar-refractivity contribution is 0.527. The average molecular weight is 888 g/mol. The van der Waals surface area contributed by atoms with Crippen molar-refractivity contribution in [2.45, 2.75) is 0 Å². The summed E-state index contributed by atoms with van der Waals surface area (Å²) in [6, 6.07) is 38.6. The fourth-order valence-corrected chi connectivity index (χ4v) is 9.76. The Kier molecular flexibility index (Phi) is 8.61. The van der Waals surface area contributed by atoms with Crippen LogP contribution in [-0.4, -0.2) is 71.5 Å². The van der Waals surface area contributed by atoms with Crippen molar-refractivity contribution in [2.24, 2.45) is 0 Å². The van der Waals surface area contributed by atoms with E-state index < -0.39 is 0 Å². The number of H-pyrrole nitrogens is 1. The highest BCUT2D eigenvalue weighted by Gasteiger charge is 2.34. The molecule has 0 saturated carbocycles. The second kappa shape index (κ2) is 15.4. The molecule has 2 aliphatic rings. The van der Waals surface area contributed by atoms with E-state index in [2.05, 4.69) is 97.9 Å². The molecule has 0 unspecified atom stereocenters. The van der Waals surface area contributed by atoms with Gasteiger partial charge in [0.2, 0.25) is 0 Å². The van der Waals surface area contributed by atoms with E-state index in [1.807, 2.05) is 85.1 Å². The number of nitrogens with zero attached hydrogens (tertiary/aromatic N) is 12. The molecule has 0 atom stereocenters. The molecule has 14 rings (SSSR count). The van der Waals surface area contributed by atoms with Gasteiger partial charge in [-0.05, 0) is 60.0 Å². The third-order valence-corrected chi connectivity index (χ3v) is 12.9. The minimum atomic E-state index is 0.347. The van der Waals surface area contributed by atoms with Gasteiger partial charge in [0.1, 0.15) is 22.6 Å². The van der Waals surface area contributed by atoms with Gasteiger partial charge in [0.05, 0.1) is 46.7 Å². The van der Waals surface area contributed by atoms with Crippen LogP contribution in [0.15, 0.2) is 189 Å². The minimum absolute atomic E-state index is 0.347. The highest BCUT2D eigenvalue weighted by molar-refractivity contribution is 6.21. The van der Waals surface area contributed by atoms with Crippen molar-refractivity contribution < 1.29 is 0 Å². The summed E-state index contributed by atoms with van der Waals surface area (Å²) in [6.45, 7) is 0.678. The normalized spacial score (nSPS) is 13.5. The zero-order chi connectivity index (χ0) is 45.4. The Morgan fingerprint density at radius 1 is 0.507 bits per heavy atom. The molecular formula is C56H33N13. The fourth-order valence-electron chi connectivity index (χ4n) is 9.76. The SMILES string of the molecule is C1=CC2=C(c3c(-c4nccc5ccccc45)c(-c4ccc5ccccc5n4)c4c(-c5nncc6ccccc56)nc(-c5ccc6cccnc6n5)nc4c3-c3ncc4[nH]cnc4n3)C=CCN2C=C1. The van der Waals surface area contributed by atoms with Gasteiger partial charge in [-0.3, -0.25) is 4.98 Å². The van der Waals surface area contributed by atoms with Crippen LogP contribution >= 0.6 is 0 Å². The van der Waals surface area contributed by atoms with Crippen molar-refractivity contribution in [1.29, 1.82) is 0 Å². The second-order valence-corrected chi connectivity index (χ2v) is 16.8. The van der Waals surface area contributed by atoms with E-state index in [-0.39, 0.29) is 0 Å². The van der Waals surface area contributed by atoms with E-state index in [4.69, 9.17) is 40.0 Å². The van der Waals surface area contributed by atoms with Crippen LogP contribution in [0.2, 0.25) is 0 Å². The first kappa shape index (κ1) is 38.5. The lowest BCUT2D eigenvalue weighted by Crippen LogP contribution is -2.21. The third kappa shape index (κ3) is 6.21. The topological polar surface area (TPSA) is 161 Å². The molecule has 10 heterocycles. The van der Waals surface area contributed by atoms with Crippen LogP contribution in [0.1, 0.15) is 5.56 Å². The van der Waals surface area contributed by atoms with Crippen LogP contribution in [0.4, 0.5) is 0 Å². The molecule has 69 heavy (non-hydrogen) atoms. The Labute approximate surface area is 392 Å². The number of aromatic amines is 1. The number of para-hydroxylation sites is 1. The van der Waals surface area contributed by atoms with Crippen LogP contribution in [0, 0.1) is 0 Å². The van der Waals surface area contributed by atoms with Gasteiger partial charge >= 0.3 is 0 Å². The van der Waals surface area contributed by atoms with E-state index in [1.165, 1.54) is 0 Å². The molecule has 13 heteroatoms. The summed E-state index contributed by atoms with van der Waals surface area (Å²) in [7, 11) is 0. The van der Waals surface area contributed by atoms with Gasteiger partial charge in [0.25, 0.3) is 0 Å². The predicted octanol–water partition coefficient (Wildman–Crippen LogP) is 11.3. The number of allylic oxidation sites excluding steroid dienone is 5. The van der Waals surface area contributed by atoms with Crippen molar-refractivity contribution in [1.82, 2.24) is 64.9 Å². The first-order valence-corrected chi connectivity index (χ1v) is 22.5. The van der Waals surface area contributed by atoms with Crippen LogP contribution in [0.5, 0.6) is 0 Å². The third-order valence-electron chi connectivity index (χ3n) is 12.9. The van der Waals surface area contributed by atoms with Crippen molar-refractivity contribution in [3.05, 3.63) is 194 Å². The number of aromatic nitrogens is 12. The molecule has 0 spiro atoms. The number of fused-ring (bicyclic) bond motifs is 7. The van der Waals surface area contributed by atoms with E-state index in [1.54, 1.807) is 24.9 Å². The first-order valence-electron chi connectivity index (χ1n) is 22.5. The maximum atomic E-state index is 5.67. The lowest BCUT2D eigenvalue weighted by atomic mass is 9.80. The minimum Gasteiger partial charge on any atom is -0.344 e. The summed E-state index contributed by atoms with van der Waals surface area (Å²) >= 11 is 0. The average Bonchev–Trinajstić information content (AvgIpc) is 3.90. The summed E-state index contributed by atoms with van der Waals surface area (Å²) in [5.74, 6) is 0.746. The Morgan fingerprint density at radius 2 is 1.33 bits per heavy atom. The summed E-state index contributed by atoms with van der Waals surface area (Å²) < 4.78 is 0. The van der Waals surface area contributed by atoms with Gasteiger partial charge in [-0.2, -0.15) is 5.10 Å². The molecule has 4 aromatic carbocycles. The molecule has 2 aliphatic heterocycles. The Morgan fingerprint density at radius 3 is 2.28 bits per heavy atom. The number of pyridine rings is 4. The van der Waals surface area contributed by atoms with Crippen molar-refractivity contribution in [3.63, 3.8) is 0 Å². The van der Waals surface area contributed by atoms with Gasteiger partial charge < -0.3 is 9.88 Å². The van der Waals surface area contributed by atoms with Gasteiger partial charge in [-0.1, -0.05) is 91.0 Å². The number of nitrogens with one attached hydrogen (secondary N) is 1. The quantitative estimate of drug-likeness (QED) is 0.168. The highest BCUT2D eigenvalue weighted by Crippen LogP contribution is 2.52.